The van der Waals surface area contributed by atoms with Crippen LogP contribution in [-0.4, -0.2) is 22.1 Å². The van der Waals surface area contributed by atoms with Gasteiger partial charge in [0.25, 0.3) is 0 Å². The largest absolute Gasteiger partial charge is 0.466 e. The number of benzene rings is 1. The number of halogens is 3. The Kier molecular flexibility index (Phi) is 4.99. The van der Waals surface area contributed by atoms with Crippen LogP contribution in [0.25, 0.3) is 11.0 Å². The zero-order valence-electron chi connectivity index (χ0n) is 10.8. The molecule has 0 aliphatic heterocycles. The third-order valence-electron chi connectivity index (χ3n) is 2.83. The number of aryl methyl sites for hydroxylation is 1. The Balaban J connectivity index is 2.35. The van der Waals surface area contributed by atoms with Crippen LogP contribution >= 0.6 is 27.5 Å². The SMILES string of the molecule is CCOC(=O)CCn1c(CCl)nc2cc(F)c(Br)cc21. The van der Waals surface area contributed by atoms with Crippen molar-refractivity contribution in [1.29, 1.82) is 0 Å². The van der Waals surface area contributed by atoms with E-state index in [0.717, 1.165) is 5.52 Å². The fourth-order valence-electron chi connectivity index (χ4n) is 1.96. The molecular formula is C13H13BrClFN2O2. The lowest BCUT2D eigenvalue weighted by molar-refractivity contribution is -0.143. The third kappa shape index (κ3) is 3.12. The van der Waals surface area contributed by atoms with E-state index in [1.54, 1.807) is 13.0 Å². The highest BCUT2D eigenvalue weighted by Crippen LogP contribution is 2.25. The number of aromatic nitrogens is 2. The fraction of sp³-hybridized carbons (Fsp3) is 0.385. The van der Waals surface area contributed by atoms with Crippen LogP contribution in [-0.2, 0) is 22.0 Å². The lowest BCUT2D eigenvalue weighted by Gasteiger charge is -2.07. The van der Waals surface area contributed by atoms with E-state index < -0.39 is 0 Å². The van der Waals surface area contributed by atoms with Gasteiger partial charge in [0.15, 0.2) is 0 Å². The van der Waals surface area contributed by atoms with E-state index >= 15 is 0 Å². The predicted octanol–water partition coefficient (Wildman–Crippen LogP) is 3.63. The number of hydrogen-bond donors (Lipinski definition) is 0. The predicted molar refractivity (Wildman–Crippen MR) is 78.2 cm³/mol. The molecule has 0 N–H and O–H groups in total. The van der Waals surface area contributed by atoms with Crippen molar-refractivity contribution in [1.82, 2.24) is 9.55 Å². The molecule has 7 heteroatoms. The molecule has 0 aliphatic rings. The average molecular weight is 364 g/mol. The van der Waals surface area contributed by atoms with Crippen LogP contribution in [0.4, 0.5) is 4.39 Å². The second kappa shape index (κ2) is 6.54. The molecule has 108 valence electrons. The first-order valence-corrected chi connectivity index (χ1v) is 7.45. The highest BCUT2D eigenvalue weighted by molar-refractivity contribution is 9.10. The van der Waals surface area contributed by atoms with Crippen molar-refractivity contribution in [2.24, 2.45) is 0 Å². The standard InChI is InChI=1S/C13H13BrClFN2O2/c1-2-20-13(19)3-4-18-11-5-8(14)9(16)6-10(11)17-12(18)7-15/h5-6H,2-4,7H2,1H3. The van der Waals surface area contributed by atoms with E-state index in [-0.39, 0.29) is 24.1 Å². The number of fused-ring (bicyclic) bond motifs is 1. The maximum absolute atomic E-state index is 13.5. The molecule has 1 heterocycles. The number of alkyl halides is 1. The fourth-order valence-corrected chi connectivity index (χ4v) is 2.49. The van der Waals surface area contributed by atoms with Gasteiger partial charge in [-0.15, -0.1) is 11.6 Å². The average Bonchev–Trinajstić information content (AvgIpc) is 2.74. The molecule has 1 aromatic carbocycles. The van der Waals surface area contributed by atoms with Crippen LogP contribution in [0.2, 0.25) is 0 Å². The lowest BCUT2D eigenvalue weighted by atomic mass is 10.3. The van der Waals surface area contributed by atoms with E-state index in [1.165, 1.54) is 6.07 Å². The van der Waals surface area contributed by atoms with Crippen molar-refractivity contribution >= 4 is 44.5 Å². The molecule has 0 atom stereocenters. The molecule has 0 fully saturated rings. The Morgan fingerprint density at radius 1 is 1.55 bits per heavy atom. The Bertz CT molecular complexity index is 645. The summed E-state index contributed by atoms with van der Waals surface area (Å²) >= 11 is 9.00. The number of nitrogens with zero attached hydrogens (tertiary/aromatic N) is 2. The molecule has 2 rings (SSSR count). The van der Waals surface area contributed by atoms with Gasteiger partial charge in [-0.2, -0.15) is 0 Å². The molecule has 0 unspecified atom stereocenters. The number of ether oxygens (including phenoxy) is 1. The molecule has 0 radical (unpaired) electrons. The molecule has 4 nitrogen and oxygen atoms in total. The Labute approximate surface area is 129 Å². The van der Waals surface area contributed by atoms with Gasteiger partial charge in [-0.05, 0) is 28.9 Å². The van der Waals surface area contributed by atoms with Crippen molar-refractivity contribution in [3.8, 4) is 0 Å². The van der Waals surface area contributed by atoms with E-state index in [4.69, 9.17) is 16.3 Å². The van der Waals surface area contributed by atoms with Crippen LogP contribution < -0.4 is 0 Å². The van der Waals surface area contributed by atoms with E-state index in [9.17, 15) is 9.18 Å². The van der Waals surface area contributed by atoms with Crippen LogP contribution in [0.1, 0.15) is 19.2 Å². The Morgan fingerprint density at radius 2 is 2.30 bits per heavy atom. The number of rotatable bonds is 5. The van der Waals surface area contributed by atoms with E-state index in [0.29, 0.717) is 29.0 Å². The zero-order chi connectivity index (χ0) is 14.7. The first-order chi connectivity index (χ1) is 9.56. The van der Waals surface area contributed by atoms with Crippen molar-refractivity contribution < 1.29 is 13.9 Å². The van der Waals surface area contributed by atoms with Crippen LogP contribution in [0.15, 0.2) is 16.6 Å². The van der Waals surface area contributed by atoms with Crippen molar-refractivity contribution in [2.75, 3.05) is 6.61 Å². The molecule has 0 bridgehead atoms. The van der Waals surface area contributed by atoms with Gasteiger partial charge in [-0.3, -0.25) is 4.79 Å². The second-order valence-corrected chi connectivity index (χ2v) is 5.24. The van der Waals surface area contributed by atoms with Gasteiger partial charge in [0.2, 0.25) is 0 Å². The van der Waals surface area contributed by atoms with Crippen LogP contribution in [0.5, 0.6) is 0 Å². The Hall–Kier alpha value is -1.14. The van der Waals surface area contributed by atoms with Gasteiger partial charge in [-0.25, -0.2) is 9.37 Å². The summed E-state index contributed by atoms with van der Waals surface area (Å²) in [5, 5.41) is 0. The molecule has 20 heavy (non-hydrogen) atoms. The van der Waals surface area contributed by atoms with Gasteiger partial charge in [-0.1, -0.05) is 0 Å². The van der Waals surface area contributed by atoms with Gasteiger partial charge < -0.3 is 9.30 Å². The molecule has 1 aromatic heterocycles. The number of carbonyl (C=O) groups excluding carboxylic acids is 1. The summed E-state index contributed by atoms with van der Waals surface area (Å²) < 4.78 is 20.6. The second-order valence-electron chi connectivity index (χ2n) is 4.12. The number of hydrogen-bond acceptors (Lipinski definition) is 3. The summed E-state index contributed by atoms with van der Waals surface area (Å²) in [6.45, 7) is 2.51. The topological polar surface area (TPSA) is 44.1 Å². The minimum Gasteiger partial charge on any atom is -0.466 e. The monoisotopic (exact) mass is 362 g/mol. The normalized spacial score (nSPS) is 11.0. The first kappa shape index (κ1) is 15.3. The summed E-state index contributed by atoms with van der Waals surface area (Å²) in [6.07, 6.45) is 0.220. The smallest absolute Gasteiger partial charge is 0.307 e. The maximum Gasteiger partial charge on any atom is 0.307 e. The minimum absolute atomic E-state index is 0.191. The van der Waals surface area contributed by atoms with E-state index in [2.05, 4.69) is 20.9 Å². The van der Waals surface area contributed by atoms with Crippen LogP contribution in [0, 0.1) is 5.82 Å². The molecule has 2 aromatic rings. The summed E-state index contributed by atoms with van der Waals surface area (Å²) in [5.74, 6) is 0.129. The summed E-state index contributed by atoms with van der Waals surface area (Å²) in [4.78, 5) is 15.7. The number of esters is 1. The summed E-state index contributed by atoms with van der Waals surface area (Å²) in [5.41, 5.74) is 1.25. The molecule has 0 saturated heterocycles. The van der Waals surface area contributed by atoms with Gasteiger partial charge in [0, 0.05) is 12.6 Å². The van der Waals surface area contributed by atoms with Crippen molar-refractivity contribution in [3.05, 3.63) is 28.2 Å². The Morgan fingerprint density at radius 3 is 2.95 bits per heavy atom. The number of carbonyl (C=O) groups is 1. The quantitative estimate of drug-likeness (QED) is 0.602. The van der Waals surface area contributed by atoms with Gasteiger partial charge in [0.1, 0.15) is 11.6 Å². The number of imidazole rings is 1. The zero-order valence-corrected chi connectivity index (χ0v) is 13.2. The van der Waals surface area contributed by atoms with Crippen molar-refractivity contribution in [3.63, 3.8) is 0 Å². The lowest BCUT2D eigenvalue weighted by Crippen LogP contribution is -2.10. The summed E-state index contributed by atoms with van der Waals surface area (Å²) in [7, 11) is 0. The minimum atomic E-state index is -0.381. The van der Waals surface area contributed by atoms with Crippen LogP contribution in [0.3, 0.4) is 0 Å². The highest BCUT2D eigenvalue weighted by Gasteiger charge is 2.14. The summed E-state index contributed by atoms with van der Waals surface area (Å²) in [6, 6.07) is 2.98. The molecule has 0 spiro atoms. The van der Waals surface area contributed by atoms with Gasteiger partial charge in [0.05, 0.1) is 34.4 Å². The third-order valence-corrected chi connectivity index (χ3v) is 3.68. The molecular weight excluding hydrogens is 351 g/mol. The molecule has 0 saturated carbocycles. The first-order valence-electron chi connectivity index (χ1n) is 6.12. The molecule has 0 amide bonds. The van der Waals surface area contributed by atoms with Gasteiger partial charge >= 0.3 is 5.97 Å². The highest BCUT2D eigenvalue weighted by atomic mass is 79.9. The van der Waals surface area contributed by atoms with Crippen molar-refractivity contribution in [2.45, 2.75) is 25.8 Å². The van der Waals surface area contributed by atoms with E-state index in [1.807, 2.05) is 4.57 Å². The maximum atomic E-state index is 13.5. The molecule has 0 aliphatic carbocycles.